The van der Waals surface area contributed by atoms with Crippen molar-refractivity contribution in [1.82, 2.24) is 20.4 Å². The lowest BCUT2D eigenvalue weighted by Gasteiger charge is -2.09. The van der Waals surface area contributed by atoms with Gasteiger partial charge in [-0.3, -0.25) is 4.68 Å². The lowest BCUT2D eigenvalue weighted by atomic mass is 10.3. The van der Waals surface area contributed by atoms with Gasteiger partial charge in [0.15, 0.2) is 5.69 Å². The Morgan fingerprint density at radius 3 is 2.50 bits per heavy atom. The van der Waals surface area contributed by atoms with Crippen molar-refractivity contribution in [3.05, 3.63) is 48.3 Å². The number of aromatic nitrogens is 2. The summed E-state index contributed by atoms with van der Waals surface area (Å²) in [4.78, 5) is 11.5. The molecule has 130 valence electrons. The summed E-state index contributed by atoms with van der Waals surface area (Å²) in [7, 11) is 0. The molecule has 0 atom stereocenters. The third-order valence-electron chi connectivity index (χ3n) is 2.96. The molecule has 0 saturated heterocycles. The zero-order valence-corrected chi connectivity index (χ0v) is 12.7. The van der Waals surface area contributed by atoms with E-state index in [4.69, 9.17) is 4.74 Å². The molecule has 1 aromatic carbocycles. The highest BCUT2D eigenvalue weighted by atomic mass is 19.4. The second-order valence-electron chi connectivity index (χ2n) is 4.81. The van der Waals surface area contributed by atoms with Gasteiger partial charge in [-0.2, -0.15) is 18.3 Å². The molecule has 2 aromatic rings. The van der Waals surface area contributed by atoms with E-state index in [0.29, 0.717) is 18.9 Å². The first-order valence-electron chi connectivity index (χ1n) is 7.25. The van der Waals surface area contributed by atoms with Crippen molar-refractivity contribution in [1.29, 1.82) is 0 Å². The molecule has 0 bridgehead atoms. The van der Waals surface area contributed by atoms with Gasteiger partial charge in [-0.1, -0.05) is 18.2 Å². The Labute approximate surface area is 136 Å². The summed E-state index contributed by atoms with van der Waals surface area (Å²) in [5.74, 6) is 0.707. The number of hydrogen-bond acceptors (Lipinski definition) is 3. The van der Waals surface area contributed by atoms with Gasteiger partial charge >= 0.3 is 12.2 Å². The number of nitrogens with zero attached hydrogens (tertiary/aromatic N) is 2. The number of halogens is 3. The van der Waals surface area contributed by atoms with Crippen LogP contribution in [0.4, 0.5) is 18.0 Å². The summed E-state index contributed by atoms with van der Waals surface area (Å²) in [6, 6.07) is 9.63. The number of rotatable bonds is 7. The highest BCUT2D eigenvalue weighted by Gasteiger charge is 2.33. The molecule has 0 aliphatic rings. The van der Waals surface area contributed by atoms with Crippen LogP contribution in [0, 0.1) is 0 Å². The smallest absolute Gasteiger partial charge is 0.435 e. The van der Waals surface area contributed by atoms with Crippen molar-refractivity contribution in [3.63, 3.8) is 0 Å². The minimum atomic E-state index is -4.46. The molecule has 2 rings (SSSR count). The fraction of sp³-hybridized carbons (Fsp3) is 0.333. The lowest BCUT2D eigenvalue weighted by Crippen LogP contribution is -2.39. The Morgan fingerprint density at radius 2 is 1.83 bits per heavy atom. The minimum Gasteiger partial charge on any atom is -0.492 e. The van der Waals surface area contributed by atoms with Gasteiger partial charge in [0.05, 0.1) is 13.1 Å². The van der Waals surface area contributed by atoms with E-state index in [0.717, 1.165) is 10.7 Å². The van der Waals surface area contributed by atoms with E-state index >= 15 is 0 Å². The molecule has 0 fully saturated rings. The number of nitrogens with one attached hydrogen (secondary N) is 2. The van der Waals surface area contributed by atoms with Gasteiger partial charge in [0, 0.05) is 12.7 Å². The standard InChI is InChI=1S/C15H17F3N4O2/c16-15(17,18)13-6-9-22(21-13)10-7-19-14(23)20-8-11-24-12-4-2-1-3-5-12/h1-6,9H,7-8,10-11H2,(H2,19,20,23). The Morgan fingerprint density at radius 1 is 1.12 bits per heavy atom. The van der Waals surface area contributed by atoms with Crippen LogP contribution in [-0.4, -0.2) is 35.5 Å². The molecule has 24 heavy (non-hydrogen) atoms. The van der Waals surface area contributed by atoms with Crippen LogP contribution in [0.3, 0.4) is 0 Å². The molecule has 1 heterocycles. The van der Waals surface area contributed by atoms with Gasteiger partial charge in [-0.05, 0) is 18.2 Å². The maximum atomic E-state index is 12.4. The van der Waals surface area contributed by atoms with Crippen molar-refractivity contribution in [2.45, 2.75) is 12.7 Å². The Hall–Kier alpha value is -2.71. The molecular weight excluding hydrogens is 325 g/mol. The maximum Gasteiger partial charge on any atom is 0.435 e. The average Bonchev–Trinajstić information content (AvgIpc) is 3.02. The highest BCUT2D eigenvalue weighted by Crippen LogP contribution is 2.27. The van der Waals surface area contributed by atoms with Gasteiger partial charge in [-0.15, -0.1) is 0 Å². The summed E-state index contributed by atoms with van der Waals surface area (Å²) in [5, 5.41) is 8.50. The van der Waals surface area contributed by atoms with Crippen LogP contribution in [0.25, 0.3) is 0 Å². The molecule has 0 radical (unpaired) electrons. The van der Waals surface area contributed by atoms with Gasteiger partial charge in [0.2, 0.25) is 0 Å². The van der Waals surface area contributed by atoms with E-state index in [1.54, 1.807) is 12.1 Å². The zero-order chi connectivity index (χ0) is 17.4. The predicted molar refractivity (Wildman–Crippen MR) is 80.6 cm³/mol. The number of amides is 2. The van der Waals surface area contributed by atoms with Crippen molar-refractivity contribution >= 4 is 6.03 Å². The monoisotopic (exact) mass is 342 g/mol. The molecule has 1 aromatic heterocycles. The molecule has 0 aliphatic carbocycles. The first-order valence-corrected chi connectivity index (χ1v) is 7.25. The van der Waals surface area contributed by atoms with Crippen molar-refractivity contribution in [3.8, 4) is 5.75 Å². The van der Waals surface area contributed by atoms with Crippen LogP contribution in [0.2, 0.25) is 0 Å². The van der Waals surface area contributed by atoms with Gasteiger partial charge in [-0.25, -0.2) is 4.79 Å². The number of carbonyl (C=O) groups is 1. The predicted octanol–water partition coefficient (Wildman–Crippen LogP) is 2.28. The third kappa shape index (κ3) is 5.82. The van der Waals surface area contributed by atoms with Gasteiger partial charge < -0.3 is 15.4 Å². The summed E-state index contributed by atoms with van der Waals surface area (Å²) in [5.41, 5.74) is -0.954. The van der Waals surface area contributed by atoms with E-state index in [9.17, 15) is 18.0 Å². The van der Waals surface area contributed by atoms with Crippen LogP contribution in [0.5, 0.6) is 5.75 Å². The molecule has 0 saturated carbocycles. The zero-order valence-electron chi connectivity index (χ0n) is 12.7. The van der Waals surface area contributed by atoms with E-state index < -0.39 is 17.9 Å². The normalized spacial score (nSPS) is 11.1. The summed E-state index contributed by atoms with van der Waals surface area (Å²) < 4.78 is 43.7. The second kappa shape index (κ2) is 8.23. The summed E-state index contributed by atoms with van der Waals surface area (Å²) >= 11 is 0. The third-order valence-corrected chi connectivity index (χ3v) is 2.96. The second-order valence-corrected chi connectivity index (χ2v) is 4.81. The van der Waals surface area contributed by atoms with Crippen LogP contribution in [-0.2, 0) is 12.7 Å². The first-order chi connectivity index (χ1) is 11.4. The van der Waals surface area contributed by atoms with E-state index in [1.807, 2.05) is 18.2 Å². The van der Waals surface area contributed by atoms with E-state index in [1.165, 1.54) is 6.20 Å². The van der Waals surface area contributed by atoms with Crippen molar-refractivity contribution in [2.24, 2.45) is 0 Å². The molecular formula is C15H17F3N4O2. The van der Waals surface area contributed by atoms with Crippen LogP contribution in [0.1, 0.15) is 5.69 Å². The number of benzene rings is 1. The fourth-order valence-corrected chi connectivity index (χ4v) is 1.83. The Balaban J connectivity index is 1.59. The number of alkyl halides is 3. The summed E-state index contributed by atoms with van der Waals surface area (Å²) in [6.45, 7) is 0.917. The molecule has 0 aliphatic heterocycles. The SMILES string of the molecule is O=C(NCCOc1ccccc1)NCCn1ccc(C(F)(F)F)n1. The lowest BCUT2D eigenvalue weighted by molar-refractivity contribution is -0.141. The molecule has 0 spiro atoms. The quantitative estimate of drug-likeness (QED) is 0.759. The Kier molecular flexibility index (Phi) is 6.05. The molecule has 2 N–H and O–H groups in total. The van der Waals surface area contributed by atoms with Crippen LogP contribution in [0.15, 0.2) is 42.6 Å². The number of carbonyl (C=O) groups excluding carboxylic acids is 1. The van der Waals surface area contributed by atoms with Crippen LogP contribution >= 0.6 is 0 Å². The fourth-order valence-electron chi connectivity index (χ4n) is 1.83. The maximum absolute atomic E-state index is 12.4. The number of para-hydroxylation sites is 1. The topological polar surface area (TPSA) is 68.2 Å². The van der Waals surface area contributed by atoms with Gasteiger partial charge in [0.25, 0.3) is 0 Å². The molecule has 0 unspecified atom stereocenters. The number of urea groups is 1. The molecule has 2 amide bonds. The number of hydrogen-bond donors (Lipinski definition) is 2. The van der Waals surface area contributed by atoms with E-state index in [2.05, 4.69) is 15.7 Å². The summed E-state index contributed by atoms with van der Waals surface area (Å²) in [6.07, 6.45) is -3.25. The molecule has 9 heteroatoms. The van der Waals surface area contributed by atoms with Gasteiger partial charge in [0.1, 0.15) is 12.4 Å². The average molecular weight is 342 g/mol. The first kappa shape index (κ1) is 17.6. The Bertz CT molecular complexity index is 644. The highest BCUT2D eigenvalue weighted by molar-refractivity contribution is 5.73. The number of ether oxygens (including phenoxy) is 1. The van der Waals surface area contributed by atoms with E-state index in [-0.39, 0.29) is 13.1 Å². The van der Waals surface area contributed by atoms with Crippen molar-refractivity contribution in [2.75, 3.05) is 19.7 Å². The van der Waals surface area contributed by atoms with Crippen molar-refractivity contribution < 1.29 is 22.7 Å². The minimum absolute atomic E-state index is 0.143. The largest absolute Gasteiger partial charge is 0.492 e. The molecule has 6 nitrogen and oxygen atoms in total. The van der Waals surface area contributed by atoms with Crippen LogP contribution < -0.4 is 15.4 Å².